The predicted molar refractivity (Wildman–Crippen MR) is 55.0 cm³/mol. The normalized spacial score (nSPS) is 10.3. The van der Waals surface area contributed by atoms with Gasteiger partial charge in [-0.05, 0) is 30.2 Å². The molecule has 0 unspecified atom stereocenters. The Balaban J connectivity index is 2.98. The van der Waals surface area contributed by atoms with Crippen molar-refractivity contribution >= 4 is 12.2 Å². The van der Waals surface area contributed by atoms with Gasteiger partial charge < -0.3 is 4.74 Å². The zero-order valence-corrected chi connectivity index (χ0v) is 8.52. The molecular formula is C10H12N2O3. The monoisotopic (exact) mass is 208 g/mol. The van der Waals surface area contributed by atoms with Crippen LogP contribution in [0.2, 0.25) is 0 Å². The van der Waals surface area contributed by atoms with Crippen molar-refractivity contribution < 1.29 is 14.7 Å². The standard InChI is InChI=1S/C10H12N2O3/c1-7-5-8(10(13)15-2)3-4-9(7)6-11-12-14/h3-6,12,14H,1-2H3. The van der Waals surface area contributed by atoms with Crippen LogP contribution in [0.4, 0.5) is 0 Å². The molecule has 0 aliphatic carbocycles. The average molecular weight is 208 g/mol. The first-order chi connectivity index (χ1) is 7.19. The van der Waals surface area contributed by atoms with Gasteiger partial charge in [0.1, 0.15) is 0 Å². The fraction of sp³-hybridized carbons (Fsp3) is 0.200. The lowest BCUT2D eigenvalue weighted by Gasteiger charge is -2.03. The highest BCUT2D eigenvalue weighted by atomic mass is 16.5. The van der Waals surface area contributed by atoms with E-state index in [0.29, 0.717) is 5.56 Å². The predicted octanol–water partition coefficient (Wildman–Crippen LogP) is 1.09. The Bertz CT molecular complexity index is 388. The van der Waals surface area contributed by atoms with Crippen LogP contribution in [-0.2, 0) is 4.74 Å². The van der Waals surface area contributed by atoms with Crippen molar-refractivity contribution in [3.63, 3.8) is 0 Å². The molecule has 0 spiro atoms. The highest BCUT2D eigenvalue weighted by molar-refractivity contribution is 5.91. The van der Waals surface area contributed by atoms with E-state index in [1.165, 1.54) is 13.3 Å². The van der Waals surface area contributed by atoms with Crippen LogP contribution in [0.5, 0.6) is 0 Å². The summed E-state index contributed by atoms with van der Waals surface area (Å²) in [6, 6.07) is 5.06. The Morgan fingerprint density at radius 3 is 2.87 bits per heavy atom. The summed E-state index contributed by atoms with van der Waals surface area (Å²) in [6.45, 7) is 1.84. The van der Waals surface area contributed by atoms with Gasteiger partial charge in [0.15, 0.2) is 0 Å². The van der Waals surface area contributed by atoms with Crippen LogP contribution >= 0.6 is 0 Å². The molecule has 1 aromatic rings. The molecule has 0 fully saturated rings. The second-order valence-corrected chi connectivity index (χ2v) is 2.92. The maximum absolute atomic E-state index is 11.2. The molecule has 1 aromatic carbocycles. The van der Waals surface area contributed by atoms with Crippen LogP contribution in [0.25, 0.3) is 0 Å². The summed E-state index contributed by atoms with van der Waals surface area (Å²) in [5.41, 5.74) is 3.84. The van der Waals surface area contributed by atoms with E-state index >= 15 is 0 Å². The van der Waals surface area contributed by atoms with Crippen molar-refractivity contribution in [2.24, 2.45) is 5.10 Å². The molecular weight excluding hydrogens is 196 g/mol. The third kappa shape index (κ3) is 2.78. The molecule has 5 heteroatoms. The van der Waals surface area contributed by atoms with Crippen LogP contribution in [0, 0.1) is 6.92 Å². The van der Waals surface area contributed by atoms with E-state index in [2.05, 4.69) is 9.84 Å². The van der Waals surface area contributed by atoms with Gasteiger partial charge in [-0.3, -0.25) is 5.21 Å². The number of methoxy groups -OCH3 is 1. The Kier molecular flexibility index (Phi) is 3.82. The number of carbonyl (C=O) groups excluding carboxylic acids is 1. The highest BCUT2D eigenvalue weighted by Gasteiger charge is 2.06. The fourth-order valence-electron chi connectivity index (χ4n) is 1.16. The van der Waals surface area contributed by atoms with Crippen molar-refractivity contribution in [2.45, 2.75) is 6.92 Å². The molecule has 0 radical (unpaired) electrons. The molecule has 0 aromatic heterocycles. The third-order valence-corrected chi connectivity index (χ3v) is 1.95. The lowest BCUT2D eigenvalue weighted by atomic mass is 10.1. The molecule has 0 amide bonds. The Labute approximate surface area is 87.3 Å². The summed E-state index contributed by atoms with van der Waals surface area (Å²) in [5.74, 6) is -0.373. The van der Waals surface area contributed by atoms with Crippen molar-refractivity contribution in [3.8, 4) is 0 Å². The number of hydrazone groups is 1. The van der Waals surface area contributed by atoms with Gasteiger partial charge >= 0.3 is 5.97 Å². The van der Waals surface area contributed by atoms with E-state index in [1.54, 1.807) is 23.8 Å². The zero-order valence-electron chi connectivity index (χ0n) is 8.52. The zero-order chi connectivity index (χ0) is 11.3. The van der Waals surface area contributed by atoms with Gasteiger partial charge in [-0.25, -0.2) is 4.79 Å². The van der Waals surface area contributed by atoms with Gasteiger partial charge in [0.2, 0.25) is 0 Å². The summed E-state index contributed by atoms with van der Waals surface area (Å²) in [6.07, 6.45) is 1.45. The van der Waals surface area contributed by atoms with E-state index in [4.69, 9.17) is 5.21 Å². The van der Waals surface area contributed by atoms with Crippen LogP contribution in [0.15, 0.2) is 23.3 Å². The van der Waals surface area contributed by atoms with Crippen LogP contribution in [0.3, 0.4) is 0 Å². The minimum atomic E-state index is -0.373. The van der Waals surface area contributed by atoms with Gasteiger partial charge in [-0.15, -0.1) is 0 Å². The number of hydrogen-bond acceptors (Lipinski definition) is 5. The average Bonchev–Trinajstić information content (AvgIpc) is 2.26. The van der Waals surface area contributed by atoms with Gasteiger partial charge in [-0.2, -0.15) is 10.7 Å². The molecule has 0 saturated heterocycles. The minimum absolute atomic E-state index is 0.373. The molecule has 5 nitrogen and oxygen atoms in total. The summed E-state index contributed by atoms with van der Waals surface area (Å²) in [5, 5.41) is 11.7. The highest BCUT2D eigenvalue weighted by Crippen LogP contribution is 2.10. The molecule has 0 aliphatic heterocycles. The van der Waals surface area contributed by atoms with Gasteiger partial charge in [0, 0.05) is 0 Å². The first-order valence-electron chi connectivity index (χ1n) is 4.30. The maximum atomic E-state index is 11.2. The van der Waals surface area contributed by atoms with Crippen molar-refractivity contribution in [1.82, 2.24) is 5.59 Å². The molecule has 2 N–H and O–H groups in total. The number of aryl methyl sites for hydroxylation is 1. The van der Waals surface area contributed by atoms with Crippen LogP contribution in [-0.4, -0.2) is 24.5 Å². The van der Waals surface area contributed by atoms with Crippen molar-refractivity contribution in [1.29, 1.82) is 0 Å². The Morgan fingerprint density at radius 1 is 1.60 bits per heavy atom. The van der Waals surface area contributed by atoms with Crippen molar-refractivity contribution in [2.75, 3.05) is 7.11 Å². The minimum Gasteiger partial charge on any atom is -0.465 e. The SMILES string of the molecule is COC(=O)c1ccc(C=NNO)c(C)c1. The fourth-order valence-corrected chi connectivity index (χ4v) is 1.16. The van der Waals surface area contributed by atoms with E-state index in [1.807, 2.05) is 6.92 Å². The van der Waals surface area contributed by atoms with E-state index in [0.717, 1.165) is 11.1 Å². The molecule has 0 atom stereocenters. The quantitative estimate of drug-likeness (QED) is 0.443. The molecule has 15 heavy (non-hydrogen) atoms. The Morgan fingerprint density at radius 2 is 2.33 bits per heavy atom. The number of carbonyl (C=O) groups is 1. The number of nitrogens with zero attached hydrogens (tertiary/aromatic N) is 1. The van der Waals surface area contributed by atoms with Crippen LogP contribution in [0.1, 0.15) is 21.5 Å². The largest absolute Gasteiger partial charge is 0.465 e. The Hall–Kier alpha value is -1.88. The number of rotatable bonds is 3. The third-order valence-electron chi connectivity index (χ3n) is 1.95. The topological polar surface area (TPSA) is 70.9 Å². The summed E-state index contributed by atoms with van der Waals surface area (Å²) in [7, 11) is 1.34. The number of nitrogens with one attached hydrogen (secondary N) is 1. The first-order valence-corrected chi connectivity index (χ1v) is 4.30. The van der Waals surface area contributed by atoms with E-state index in [9.17, 15) is 4.79 Å². The number of benzene rings is 1. The molecule has 0 heterocycles. The lowest BCUT2D eigenvalue weighted by Crippen LogP contribution is -2.03. The van der Waals surface area contributed by atoms with Crippen molar-refractivity contribution in [3.05, 3.63) is 34.9 Å². The number of ether oxygens (including phenoxy) is 1. The maximum Gasteiger partial charge on any atom is 0.337 e. The molecule has 1 rings (SSSR count). The number of hydrogen-bond donors (Lipinski definition) is 2. The summed E-state index contributed by atoms with van der Waals surface area (Å²) < 4.78 is 4.59. The van der Waals surface area contributed by atoms with Crippen LogP contribution < -0.4 is 5.59 Å². The lowest BCUT2D eigenvalue weighted by molar-refractivity contribution is 0.0600. The van der Waals surface area contributed by atoms with Gasteiger partial charge in [-0.1, -0.05) is 6.07 Å². The molecule has 0 bridgehead atoms. The second-order valence-electron chi connectivity index (χ2n) is 2.92. The molecule has 80 valence electrons. The van der Waals surface area contributed by atoms with E-state index < -0.39 is 0 Å². The molecule has 0 saturated carbocycles. The van der Waals surface area contributed by atoms with E-state index in [-0.39, 0.29) is 5.97 Å². The first kappa shape index (κ1) is 11.2. The molecule has 0 aliphatic rings. The second kappa shape index (κ2) is 5.11. The van der Waals surface area contributed by atoms with Gasteiger partial charge in [0.25, 0.3) is 0 Å². The summed E-state index contributed by atoms with van der Waals surface area (Å²) in [4.78, 5) is 11.2. The number of esters is 1. The summed E-state index contributed by atoms with van der Waals surface area (Å²) >= 11 is 0. The van der Waals surface area contributed by atoms with Gasteiger partial charge in [0.05, 0.1) is 18.9 Å². The smallest absolute Gasteiger partial charge is 0.337 e.